The number of hydrogen-bond donors (Lipinski definition) is 1. The lowest BCUT2D eigenvalue weighted by Gasteiger charge is -2.22. The van der Waals surface area contributed by atoms with Crippen molar-refractivity contribution >= 4 is 5.91 Å². The monoisotopic (exact) mass is 408 g/mol. The van der Waals surface area contributed by atoms with Crippen LogP contribution in [0, 0.1) is 11.8 Å². The molecule has 1 aliphatic heterocycles. The van der Waals surface area contributed by atoms with Crippen molar-refractivity contribution in [2.75, 3.05) is 19.6 Å². The summed E-state index contributed by atoms with van der Waals surface area (Å²) in [6, 6.07) is 6.11. The smallest absolute Gasteiger partial charge is 0.348 e. The number of nitrogens with zero attached hydrogens (tertiary/aromatic N) is 3. The number of nitrogens with one attached hydrogen (secondary N) is 1. The predicted octanol–water partition coefficient (Wildman–Crippen LogP) is 3.61. The molecule has 1 saturated heterocycles. The summed E-state index contributed by atoms with van der Waals surface area (Å²) in [7, 11) is 0. The molecule has 1 amide bonds. The minimum absolute atomic E-state index is 0.00699. The van der Waals surface area contributed by atoms with E-state index in [4.69, 9.17) is 0 Å². The molecule has 0 bridgehead atoms. The van der Waals surface area contributed by atoms with Crippen LogP contribution >= 0.6 is 0 Å². The van der Waals surface area contributed by atoms with Gasteiger partial charge in [0, 0.05) is 36.8 Å². The Balaban J connectivity index is 1.32. The summed E-state index contributed by atoms with van der Waals surface area (Å²) >= 11 is 0. The van der Waals surface area contributed by atoms with Crippen molar-refractivity contribution < 1.29 is 22.5 Å². The number of amides is 1. The molecule has 156 valence electrons. The van der Waals surface area contributed by atoms with E-state index in [9.17, 15) is 18.0 Å². The highest BCUT2D eigenvalue weighted by atomic mass is 19.4. The van der Waals surface area contributed by atoms with Gasteiger partial charge in [-0.05, 0) is 43.7 Å². The summed E-state index contributed by atoms with van der Waals surface area (Å²) in [4.78, 5) is 18.3. The molecule has 2 heterocycles. The highest BCUT2D eigenvalue weighted by Gasteiger charge is 2.38. The molecule has 1 aromatic carbocycles. The minimum Gasteiger partial charge on any atom is -0.348 e. The first-order valence-corrected chi connectivity index (χ1v) is 9.84. The largest absolute Gasteiger partial charge is 0.471 e. The summed E-state index contributed by atoms with van der Waals surface area (Å²) in [6.07, 6.45) is -0.708. The third kappa shape index (κ3) is 4.44. The fourth-order valence-corrected chi connectivity index (χ4v) is 4.45. The van der Waals surface area contributed by atoms with Crippen molar-refractivity contribution in [3.8, 4) is 11.4 Å². The molecule has 1 aromatic heterocycles. The van der Waals surface area contributed by atoms with Crippen LogP contribution in [0.4, 0.5) is 13.2 Å². The zero-order valence-electron chi connectivity index (χ0n) is 16.1. The molecule has 2 aromatic rings. The molecule has 2 unspecified atom stereocenters. The maximum Gasteiger partial charge on any atom is 0.471 e. The van der Waals surface area contributed by atoms with Crippen LogP contribution in [-0.4, -0.2) is 46.6 Å². The Bertz CT molecular complexity index is 853. The fraction of sp³-hybridized carbons (Fsp3) is 0.550. The van der Waals surface area contributed by atoms with E-state index in [1.54, 1.807) is 12.1 Å². The standard InChI is InChI=1S/C20H23F3N4O2/c1-12(9-27-10-15-3-2-4-16(15)11-27)24-18(28)14-7-5-13(6-8-14)17-25-19(29-26-17)20(21,22)23/h5-8,12,15-16H,2-4,9-11H2,1H3,(H,24,28)/t12-,15?,16?/m1/s1. The van der Waals surface area contributed by atoms with Gasteiger partial charge in [0.05, 0.1) is 0 Å². The van der Waals surface area contributed by atoms with Crippen molar-refractivity contribution in [1.82, 2.24) is 20.4 Å². The van der Waals surface area contributed by atoms with Gasteiger partial charge in [-0.3, -0.25) is 4.79 Å². The van der Waals surface area contributed by atoms with Crippen molar-refractivity contribution in [3.63, 3.8) is 0 Å². The van der Waals surface area contributed by atoms with E-state index in [0.29, 0.717) is 11.1 Å². The van der Waals surface area contributed by atoms with E-state index < -0.39 is 12.1 Å². The van der Waals surface area contributed by atoms with Gasteiger partial charge in [-0.2, -0.15) is 18.2 Å². The first kappa shape index (κ1) is 19.9. The molecule has 1 saturated carbocycles. The van der Waals surface area contributed by atoms with Crippen LogP contribution in [0.5, 0.6) is 0 Å². The SMILES string of the molecule is C[C@H](CN1CC2CCCC2C1)NC(=O)c1ccc(-c2noc(C(F)(F)F)n2)cc1. The lowest BCUT2D eigenvalue weighted by Crippen LogP contribution is -2.41. The number of benzene rings is 1. The predicted molar refractivity (Wildman–Crippen MR) is 98.9 cm³/mol. The number of carbonyl (C=O) groups excluding carboxylic acids is 1. The maximum atomic E-state index is 12.6. The number of alkyl halides is 3. The molecule has 4 rings (SSSR count). The third-order valence-electron chi connectivity index (χ3n) is 5.79. The number of aromatic nitrogens is 2. The fourth-order valence-electron chi connectivity index (χ4n) is 4.45. The van der Waals surface area contributed by atoms with E-state index in [0.717, 1.165) is 31.5 Å². The quantitative estimate of drug-likeness (QED) is 0.819. The van der Waals surface area contributed by atoms with Gasteiger partial charge in [0.25, 0.3) is 5.91 Å². The number of hydrogen-bond acceptors (Lipinski definition) is 5. The average Bonchev–Trinajstić information content (AvgIpc) is 3.37. The lowest BCUT2D eigenvalue weighted by atomic mass is 10.0. The van der Waals surface area contributed by atoms with Gasteiger partial charge in [0.15, 0.2) is 0 Å². The summed E-state index contributed by atoms with van der Waals surface area (Å²) < 4.78 is 41.9. The number of carbonyl (C=O) groups is 1. The van der Waals surface area contributed by atoms with Gasteiger partial charge in [0.2, 0.25) is 5.82 Å². The number of likely N-dealkylation sites (tertiary alicyclic amines) is 1. The van der Waals surface area contributed by atoms with Crippen molar-refractivity contribution in [2.24, 2.45) is 11.8 Å². The topological polar surface area (TPSA) is 71.3 Å². The molecule has 29 heavy (non-hydrogen) atoms. The summed E-state index contributed by atoms with van der Waals surface area (Å²) in [5, 5.41) is 6.34. The molecule has 2 aliphatic rings. The first-order chi connectivity index (χ1) is 13.8. The highest BCUT2D eigenvalue weighted by Crippen LogP contribution is 2.37. The Morgan fingerprint density at radius 3 is 2.48 bits per heavy atom. The van der Waals surface area contributed by atoms with Crippen LogP contribution in [0.1, 0.15) is 42.4 Å². The molecular weight excluding hydrogens is 385 g/mol. The minimum atomic E-state index is -4.69. The Morgan fingerprint density at radius 2 is 1.90 bits per heavy atom. The van der Waals surface area contributed by atoms with Crippen molar-refractivity contribution in [2.45, 2.75) is 38.4 Å². The molecule has 1 N–H and O–H groups in total. The molecule has 6 nitrogen and oxygen atoms in total. The van der Waals surface area contributed by atoms with E-state index >= 15 is 0 Å². The summed E-state index contributed by atoms with van der Waals surface area (Å²) in [6.45, 7) is 5.03. The van der Waals surface area contributed by atoms with Crippen LogP contribution in [-0.2, 0) is 6.18 Å². The molecule has 0 spiro atoms. The normalized spacial score (nSPS) is 23.2. The Labute approximate surface area is 166 Å². The first-order valence-electron chi connectivity index (χ1n) is 9.84. The summed E-state index contributed by atoms with van der Waals surface area (Å²) in [5.74, 6) is -0.152. The van der Waals surface area contributed by atoms with Crippen molar-refractivity contribution in [3.05, 3.63) is 35.7 Å². The molecule has 2 fully saturated rings. The summed E-state index contributed by atoms with van der Waals surface area (Å²) in [5.41, 5.74) is 0.774. The number of rotatable bonds is 5. The van der Waals surface area contributed by atoms with Gasteiger partial charge in [-0.1, -0.05) is 23.7 Å². The molecular formula is C20H23F3N4O2. The molecule has 9 heteroatoms. The Kier molecular flexibility index (Phi) is 5.33. The van der Waals surface area contributed by atoms with Crippen LogP contribution in [0.25, 0.3) is 11.4 Å². The van der Waals surface area contributed by atoms with Crippen LogP contribution in [0.2, 0.25) is 0 Å². The molecule has 3 atom stereocenters. The average molecular weight is 408 g/mol. The third-order valence-corrected chi connectivity index (χ3v) is 5.79. The number of fused-ring (bicyclic) bond motifs is 1. The van der Waals surface area contributed by atoms with Gasteiger partial charge >= 0.3 is 12.1 Å². The van der Waals surface area contributed by atoms with Crippen LogP contribution < -0.4 is 5.32 Å². The zero-order valence-corrected chi connectivity index (χ0v) is 16.1. The highest BCUT2D eigenvalue weighted by molar-refractivity contribution is 5.94. The van der Waals surface area contributed by atoms with Gasteiger partial charge in [-0.25, -0.2) is 0 Å². The van der Waals surface area contributed by atoms with E-state index in [-0.39, 0.29) is 17.8 Å². The van der Waals surface area contributed by atoms with Gasteiger partial charge in [0.1, 0.15) is 0 Å². The van der Waals surface area contributed by atoms with E-state index in [1.165, 1.54) is 31.4 Å². The second-order valence-electron chi connectivity index (χ2n) is 8.04. The second-order valence-corrected chi connectivity index (χ2v) is 8.04. The molecule has 1 aliphatic carbocycles. The maximum absolute atomic E-state index is 12.6. The zero-order chi connectivity index (χ0) is 20.6. The second kappa shape index (κ2) is 7.78. The Hall–Kier alpha value is -2.42. The van der Waals surface area contributed by atoms with Gasteiger partial charge < -0.3 is 14.7 Å². The Morgan fingerprint density at radius 1 is 1.24 bits per heavy atom. The lowest BCUT2D eigenvalue weighted by molar-refractivity contribution is -0.159. The van der Waals surface area contributed by atoms with Gasteiger partial charge in [-0.15, -0.1) is 0 Å². The van der Waals surface area contributed by atoms with Crippen LogP contribution in [0.15, 0.2) is 28.8 Å². The van der Waals surface area contributed by atoms with E-state index in [2.05, 4.69) is 24.9 Å². The van der Waals surface area contributed by atoms with Crippen molar-refractivity contribution in [1.29, 1.82) is 0 Å². The van der Waals surface area contributed by atoms with Crippen LogP contribution in [0.3, 0.4) is 0 Å². The number of halogens is 3. The molecule has 0 radical (unpaired) electrons. The van der Waals surface area contributed by atoms with E-state index in [1.807, 2.05) is 6.92 Å².